The van der Waals surface area contributed by atoms with Gasteiger partial charge in [0.05, 0.1) is 6.54 Å². The van der Waals surface area contributed by atoms with Crippen LogP contribution in [0.3, 0.4) is 0 Å². The summed E-state index contributed by atoms with van der Waals surface area (Å²) in [5.74, 6) is 0.636. The van der Waals surface area contributed by atoms with Crippen LogP contribution in [0.1, 0.15) is 30.5 Å². The number of nitrogens with one attached hydrogen (secondary N) is 2. The van der Waals surface area contributed by atoms with Crippen molar-refractivity contribution in [2.24, 2.45) is 0 Å². The molecule has 0 aliphatic heterocycles. The second kappa shape index (κ2) is 12.6. The average Bonchev–Trinajstić information content (AvgIpc) is 3.11. The fourth-order valence-electron chi connectivity index (χ4n) is 3.05. The molecule has 8 heteroatoms. The minimum atomic E-state index is -0.257. The molecule has 4 aromatic rings. The van der Waals surface area contributed by atoms with Crippen molar-refractivity contribution in [2.45, 2.75) is 33.9 Å². The predicted molar refractivity (Wildman–Crippen MR) is 138 cm³/mol. The van der Waals surface area contributed by atoms with Gasteiger partial charge in [-0.05, 0) is 31.4 Å². The van der Waals surface area contributed by atoms with E-state index in [2.05, 4.69) is 33.6 Å². The van der Waals surface area contributed by atoms with Crippen LogP contribution < -0.4 is 16.7 Å². The van der Waals surface area contributed by atoms with Gasteiger partial charge in [0.2, 0.25) is 5.95 Å². The second-order valence-corrected chi connectivity index (χ2v) is 7.98. The summed E-state index contributed by atoms with van der Waals surface area (Å²) < 4.78 is 1.58. The first-order chi connectivity index (χ1) is 15.5. The molecule has 0 aliphatic rings. The van der Waals surface area contributed by atoms with Crippen molar-refractivity contribution in [1.82, 2.24) is 19.5 Å². The zero-order chi connectivity index (χ0) is 23.5. The highest BCUT2D eigenvalue weighted by Crippen LogP contribution is 2.18. The first-order valence-corrected chi connectivity index (χ1v) is 12.7. The van der Waals surface area contributed by atoms with Gasteiger partial charge in [-0.3, -0.25) is 4.57 Å². The summed E-state index contributed by atoms with van der Waals surface area (Å²) in [5.41, 5.74) is 10.0. The highest BCUT2D eigenvalue weighted by molar-refractivity contribution is 7.35. The van der Waals surface area contributed by atoms with Crippen LogP contribution in [0.4, 0.5) is 11.8 Å². The highest BCUT2D eigenvalue weighted by Gasteiger charge is 2.14. The third-order valence-electron chi connectivity index (χ3n) is 4.37. The number of anilines is 2. The number of nitrogens with zero attached hydrogens (tertiary/aromatic N) is 3. The van der Waals surface area contributed by atoms with Crippen molar-refractivity contribution in [3.63, 3.8) is 0 Å². The van der Waals surface area contributed by atoms with Gasteiger partial charge in [0.15, 0.2) is 11.5 Å². The van der Waals surface area contributed by atoms with E-state index in [1.54, 1.807) is 4.57 Å². The van der Waals surface area contributed by atoms with Gasteiger partial charge >= 0.3 is 5.69 Å². The third-order valence-corrected chi connectivity index (χ3v) is 4.37. The number of nitrogens with two attached hydrogens (primary N) is 1. The van der Waals surface area contributed by atoms with Crippen LogP contribution in [0.15, 0.2) is 59.4 Å². The Morgan fingerprint density at radius 1 is 1.03 bits per heavy atom. The molecule has 0 atom stereocenters. The lowest BCUT2D eigenvalue weighted by atomic mass is 10.1. The van der Waals surface area contributed by atoms with Crippen LogP contribution in [0, 0.1) is 6.92 Å². The lowest BCUT2D eigenvalue weighted by molar-refractivity contribution is 0.777. The van der Waals surface area contributed by atoms with Crippen LogP contribution in [0.25, 0.3) is 11.2 Å². The molecule has 4 rings (SSSR count). The Bertz CT molecular complexity index is 1170. The summed E-state index contributed by atoms with van der Waals surface area (Å²) in [6.45, 7) is 11.3. The van der Waals surface area contributed by atoms with Gasteiger partial charge in [0.1, 0.15) is 5.52 Å². The van der Waals surface area contributed by atoms with Crippen molar-refractivity contribution in [3.8, 4) is 0 Å². The molecule has 0 amide bonds. The Hall–Kier alpha value is -3.18. The Morgan fingerprint density at radius 2 is 1.69 bits per heavy atom. The Balaban J connectivity index is 0.000000671. The lowest BCUT2D eigenvalue weighted by Gasteiger charge is -2.08. The van der Waals surface area contributed by atoms with E-state index in [1.807, 2.05) is 75.4 Å². The van der Waals surface area contributed by atoms with Crippen molar-refractivity contribution >= 4 is 31.5 Å². The molecule has 2 heterocycles. The molecule has 170 valence electrons. The molecule has 4 N–H and O–H groups in total. The predicted octanol–water partition coefficient (Wildman–Crippen LogP) is 4.62. The molecule has 32 heavy (non-hydrogen) atoms. The summed E-state index contributed by atoms with van der Waals surface area (Å²) in [4.78, 5) is 24.0. The number of rotatable bonds is 5. The number of aromatic amines is 1. The summed E-state index contributed by atoms with van der Waals surface area (Å²) in [5, 5.41) is 3.17. The molecule has 0 radical (unpaired) electrons. The molecule has 2 aromatic heterocycles. The van der Waals surface area contributed by atoms with E-state index in [0.717, 1.165) is 25.3 Å². The van der Waals surface area contributed by atoms with Crippen LogP contribution in [-0.2, 0) is 13.1 Å². The van der Waals surface area contributed by atoms with Gasteiger partial charge in [-0.15, -0.1) is 8.58 Å². The number of aryl methyl sites for hydroxylation is 1. The molecule has 2 aromatic carbocycles. The van der Waals surface area contributed by atoms with E-state index < -0.39 is 0 Å². The molecule has 0 spiro atoms. The van der Waals surface area contributed by atoms with Gasteiger partial charge in [-0.25, -0.2) is 4.79 Å². The maximum atomic E-state index is 12.4. The first-order valence-electron chi connectivity index (χ1n) is 10.7. The normalized spacial score (nSPS) is 10.0. The zero-order valence-corrected chi connectivity index (χ0v) is 20.4. The minimum absolute atomic E-state index is 0.246. The van der Waals surface area contributed by atoms with Gasteiger partial charge < -0.3 is 16.0 Å². The second-order valence-electron chi connectivity index (χ2n) is 6.98. The van der Waals surface area contributed by atoms with E-state index in [0.29, 0.717) is 30.2 Å². The van der Waals surface area contributed by atoms with Gasteiger partial charge in [-0.2, -0.15) is 9.97 Å². The van der Waals surface area contributed by atoms with E-state index in [-0.39, 0.29) is 11.5 Å². The molecule has 0 saturated heterocycles. The number of hydrogen-bond acceptors (Lipinski definition) is 5. The third kappa shape index (κ3) is 6.66. The summed E-state index contributed by atoms with van der Waals surface area (Å²) in [6.07, 6.45) is 0. The number of benzene rings is 2. The molecule has 0 saturated carbocycles. The summed E-state index contributed by atoms with van der Waals surface area (Å²) >= 11 is 0. The van der Waals surface area contributed by atoms with Crippen LogP contribution in [0.2, 0.25) is 0 Å². The average molecular weight is 453 g/mol. The largest absolute Gasteiger partial charge is 0.382 e. The fraction of sp³-hybridized carbons (Fsp3) is 0.292. The monoisotopic (exact) mass is 452 g/mol. The minimum Gasteiger partial charge on any atom is -0.382 e. The molecule has 7 nitrogen and oxygen atoms in total. The van der Waals surface area contributed by atoms with E-state index >= 15 is 0 Å². The van der Waals surface area contributed by atoms with Crippen LogP contribution >= 0.6 is 8.58 Å². The zero-order valence-electron chi connectivity index (χ0n) is 19.4. The molecule has 0 fully saturated rings. The Kier molecular flexibility index (Phi) is 9.89. The van der Waals surface area contributed by atoms with E-state index in [9.17, 15) is 4.79 Å². The van der Waals surface area contributed by atoms with Crippen LogP contribution in [-0.4, -0.2) is 32.8 Å². The van der Waals surface area contributed by atoms with E-state index in [4.69, 9.17) is 5.73 Å². The number of aromatic nitrogens is 4. The van der Waals surface area contributed by atoms with Crippen molar-refractivity contribution in [2.75, 3.05) is 24.4 Å². The lowest BCUT2D eigenvalue weighted by Crippen LogP contribution is -2.18. The smallest absolute Gasteiger partial charge is 0.328 e. The van der Waals surface area contributed by atoms with Gasteiger partial charge in [0, 0.05) is 6.54 Å². The fourth-order valence-corrected chi connectivity index (χ4v) is 3.05. The van der Waals surface area contributed by atoms with Crippen LogP contribution in [0.5, 0.6) is 0 Å². The molecule has 0 unspecified atom stereocenters. The Labute approximate surface area is 191 Å². The number of nitrogen functional groups attached to an aromatic ring is 1. The molecular weight excluding hydrogens is 419 g/mol. The standard InChI is InChI=1S/C20H20N6O.C2H7P.C2H6/c1-13-6-5-9-15(10-13)12-26-18-16(23-20(26)27)17(21)24-19(25-18)22-11-14-7-3-2-4-8-14;1-3-2;1-2/h2-10H,11-12H2,1H3,(H,23,27)(H3,21,22,24,25);3H,1-2H3;1-2H3. The summed E-state index contributed by atoms with van der Waals surface area (Å²) in [6, 6.07) is 18.0. The van der Waals surface area contributed by atoms with Crippen molar-refractivity contribution in [3.05, 3.63) is 81.8 Å². The number of H-pyrrole nitrogens is 1. The number of fused-ring (bicyclic) bond motifs is 1. The van der Waals surface area contributed by atoms with Gasteiger partial charge in [0.25, 0.3) is 0 Å². The first kappa shape index (κ1) is 25.1. The van der Waals surface area contributed by atoms with Crippen molar-refractivity contribution in [1.29, 1.82) is 0 Å². The number of hydrogen-bond donors (Lipinski definition) is 3. The maximum Gasteiger partial charge on any atom is 0.328 e. The molecule has 0 bridgehead atoms. The van der Waals surface area contributed by atoms with Crippen molar-refractivity contribution < 1.29 is 0 Å². The van der Waals surface area contributed by atoms with E-state index in [1.165, 1.54) is 0 Å². The summed E-state index contributed by atoms with van der Waals surface area (Å²) in [7, 11) is 1.08. The molecule has 0 aliphatic carbocycles. The topological polar surface area (TPSA) is 102 Å². The Morgan fingerprint density at radius 3 is 2.34 bits per heavy atom. The van der Waals surface area contributed by atoms with Gasteiger partial charge in [-0.1, -0.05) is 74.0 Å². The maximum absolute atomic E-state index is 12.4. The molecular formula is C24H33N6OP. The highest BCUT2D eigenvalue weighted by atomic mass is 31.1. The quantitative estimate of drug-likeness (QED) is 0.384. The number of imidazole rings is 1. The SMILES string of the molecule is CC.CPC.Cc1cccc(Cn2c(=O)[nH]c3c(N)nc(NCc4ccccc4)nc32)c1.